The Hall–Kier alpha value is -0.970. The van der Waals surface area contributed by atoms with E-state index in [1.165, 1.54) is 6.07 Å². The van der Waals surface area contributed by atoms with Crippen LogP contribution in [0.2, 0.25) is 0 Å². The molecule has 0 aliphatic heterocycles. The number of pyridine rings is 1. The molecule has 0 unspecified atom stereocenters. The highest BCUT2D eigenvalue weighted by molar-refractivity contribution is 6.17. The second kappa shape index (κ2) is 5.21. The van der Waals surface area contributed by atoms with Gasteiger partial charge in [0.2, 0.25) is 0 Å². The molecule has 0 atom stereocenters. The van der Waals surface area contributed by atoms with Gasteiger partial charge in [0.1, 0.15) is 5.82 Å². The van der Waals surface area contributed by atoms with Crippen LogP contribution in [0, 0.1) is 0 Å². The molecule has 84 valence electrons. The van der Waals surface area contributed by atoms with E-state index in [0.717, 1.165) is 18.7 Å². The van der Waals surface area contributed by atoms with Crippen molar-refractivity contribution in [2.24, 2.45) is 0 Å². The predicted octanol–water partition coefficient (Wildman–Crippen LogP) is 3.14. The smallest absolute Gasteiger partial charge is 0.370 e. The van der Waals surface area contributed by atoms with Crippen molar-refractivity contribution in [1.82, 2.24) is 4.98 Å². The zero-order valence-electron chi connectivity index (χ0n) is 7.81. The van der Waals surface area contributed by atoms with E-state index >= 15 is 0 Å². The van der Waals surface area contributed by atoms with Gasteiger partial charge in [-0.25, -0.2) is 4.98 Å². The molecule has 0 saturated carbocycles. The average Bonchev–Trinajstić information content (AvgIpc) is 2.18. The second-order valence-corrected chi connectivity index (χ2v) is 3.28. The summed E-state index contributed by atoms with van der Waals surface area (Å²) in [6.45, 7) is 0.599. The maximum atomic E-state index is 12.1. The first-order chi connectivity index (χ1) is 7.04. The lowest BCUT2D eigenvalue weighted by Gasteiger charge is -2.07. The Balaban J connectivity index is 2.57. The molecule has 1 aromatic heterocycles. The molecular formula is C9H10ClF3N2. The standard InChI is InChI=1S/C9H10ClF3N2/c10-4-1-5-14-8-3-2-7(6-15-8)9(11,12)13/h2-3,6H,1,4-5H2,(H,14,15). The minimum absolute atomic E-state index is 0.424. The average molecular weight is 239 g/mol. The molecule has 6 heteroatoms. The first-order valence-electron chi connectivity index (χ1n) is 4.37. The number of anilines is 1. The maximum absolute atomic E-state index is 12.1. The van der Waals surface area contributed by atoms with E-state index < -0.39 is 11.7 Å². The molecule has 0 aromatic carbocycles. The highest BCUT2D eigenvalue weighted by Crippen LogP contribution is 2.28. The van der Waals surface area contributed by atoms with Gasteiger partial charge in [-0.15, -0.1) is 11.6 Å². The van der Waals surface area contributed by atoms with Crippen molar-refractivity contribution in [3.63, 3.8) is 0 Å². The molecule has 0 amide bonds. The van der Waals surface area contributed by atoms with Gasteiger partial charge in [-0.1, -0.05) is 0 Å². The van der Waals surface area contributed by atoms with E-state index in [1.807, 2.05) is 0 Å². The van der Waals surface area contributed by atoms with Gasteiger partial charge < -0.3 is 5.32 Å². The first-order valence-corrected chi connectivity index (χ1v) is 4.90. The Labute approximate surface area is 90.5 Å². The second-order valence-electron chi connectivity index (χ2n) is 2.90. The van der Waals surface area contributed by atoms with Crippen LogP contribution in [0.5, 0.6) is 0 Å². The van der Waals surface area contributed by atoms with Gasteiger partial charge >= 0.3 is 6.18 Å². The fraction of sp³-hybridized carbons (Fsp3) is 0.444. The van der Waals surface area contributed by atoms with E-state index in [0.29, 0.717) is 18.2 Å². The van der Waals surface area contributed by atoms with Crippen molar-refractivity contribution in [3.05, 3.63) is 23.9 Å². The summed E-state index contributed by atoms with van der Waals surface area (Å²) >= 11 is 5.44. The summed E-state index contributed by atoms with van der Waals surface area (Å²) in [5.41, 5.74) is -0.745. The fourth-order valence-corrected chi connectivity index (χ4v) is 1.08. The molecule has 15 heavy (non-hydrogen) atoms. The number of rotatable bonds is 4. The molecule has 0 fully saturated rings. The van der Waals surface area contributed by atoms with Crippen LogP contribution < -0.4 is 5.32 Å². The van der Waals surface area contributed by atoms with Crippen molar-refractivity contribution in [2.45, 2.75) is 12.6 Å². The molecule has 0 aliphatic rings. The van der Waals surface area contributed by atoms with E-state index in [9.17, 15) is 13.2 Å². The summed E-state index contributed by atoms with van der Waals surface area (Å²) in [5.74, 6) is 0.932. The molecule has 0 aliphatic carbocycles. The lowest BCUT2D eigenvalue weighted by atomic mass is 10.3. The molecule has 2 nitrogen and oxygen atoms in total. The molecule has 0 spiro atoms. The van der Waals surface area contributed by atoms with Crippen molar-refractivity contribution in [3.8, 4) is 0 Å². The van der Waals surface area contributed by atoms with Crippen LogP contribution in [-0.4, -0.2) is 17.4 Å². The van der Waals surface area contributed by atoms with E-state index in [2.05, 4.69) is 10.3 Å². The van der Waals surface area contributed by atoms with Gasteiger partial charge in [-0.3, -0.25) is 0 Å². The van der Waals surface area contributed by atoms with E-state index in [-0.39, 0.29) is 0 Å². The molecule has 1 aromatic rings. The van der Waals surface area contributed by atoms with Crippen LogP contribution in [0.3, 0.4) is 0 Å². The Kier molecular flexibility index (Phi) is 4.20. The van der Waals surface area contributed by atoms with Gasteiger partial charge in [0.05, 0.1) is 5.56 Å². The van der Waals surface area contributed by atoms with Crippen LogP contribution in [0.15, 0.2) is 18.3 Å². The first kappa shape index (κ1) is 12.1. The third-order valence-corrected chi connectivity index (χ3v) is 1.97. The zero-order chi connectivity index (χ0) is 11.3. The van der Waals surface area contributed by atoms with Crippen LogP contribution in [-0.2, 0) is 6.18 Å². The number of nitrogens with zero attached hydrogens (tertiary/aromatic N) is 1. The Morgan fingerprint density at radius 2 is 2.07 bits per heavy atom. The van der Waals surface area contributed by atoms with Crippen LogP contribution in [0.1, 0.15) is 12.0 Å². The SMILES string of the molecule is FC(F)(F)c1ccc(NCCCCl)nc1. The van der Waals surface area contributed by atoms with Crippen LogP contribution in [0.25, 0.3) is 0 Å². The zero-order valence-corrected chi connectivity index (χ0v) is 8.57. The van der Waals surface area contributed by atoms with Gasteiger partial charge in [-0.05, 0) is 18.6 Å². The normalized spacial score (nSPS) is 11.5. The Morgan fingerprint density at radius 3 is 2.53 bits per heavy atom. The highest BCUT2D eigenvalue weighted by atomic mass is 35.5. The lowest BCUT2D eigenvalue weighted by molar-refractivity contribution is -0.137. The third-order valence-electron chi connectivity index (χ3n) is 1.71. The summed E-state index contributed by atoms with van der Waals surface area (Å²) in [6.07, 6.45) is -2.78. The van der Waals surface area contributed by atoms with Gasteiger partial charge in [0, 0.05) is 18.6 Å². The number of hydrogen-bond donors (Lipinski definition) is 1. The van der Waals surface area contributed by atoms with Gasteiger partial charge in [0.25, 0.3) is 0 Å². The van der Waals surface area contributed by atoms with Gasteiger partial charge in [0.15, 0.2) is 0 Å². The Morgan fingerprint density at radius 1 is 1.33 bits per heavy atom. The predicted molar refractivity (Wildman–Crippen MR) is 53.1 cm³/mol. The van der Waals surface area contributed by atoms with Crippen molar-refractivity contribution >= 4 is 17.4 Å². The molecule has 0 radical (unpaired) electrons. The lowest BCUT2D eigenvalue weighted by Crippen LogP contribution is -2.07. The van der Waals surface area contributed by atoms with E-state index in [1.54, 1.807) is 0 Å². The van der Waals surface area contributed by atoms with Crippen molar-refractivity contribution in [1.29, 1.82) is 0 Å². The summed E-state index contributed by atoms with van der Waals surface area (Å²) in [7, 11) is 0. The van der Waals surface area contributed by atoms with Crippen molar-refractivity contribution < 1.29 is 13.2 Å². The molecule has 1 N–H and O–H groups in total. The highest BCUT2D eigenvalue weighted by Gasteiger charge is 2.30. The monoisotopic (exact) mass is 238 g/mol. The number of nitrogens with one attached hydrogen (secondary N) is 1. The maximum Gasteiger partial charge on any atom is 0.417 e. The van der Waals surface area contributed by atoms with Crippen LogP contribution >= 0.6 is 11.6 Å². The molecular weight excluding hydrogens is 229 g/mol. The largest absolute Gasteiger partial charge is 0.417 e. The molecule has 0 bridgehead atoms. The summed E-state index contributed by atoms with van der Waals surface area (Å²) in [4.78, 5) is 3.64. The molecule has 0 saturated heterocycles. The number of aromatic nitrogens is 1. The quantitative estimate of drug-likeness (QED) is 0.644. The number of halogens is 4. The van der Waals surface area contributed by atoms with Gasteiger partial charge in [-0.2, -0.15) is 13.2 Å². The number of hydrogen-bond acceptors (Lipinski definition) is 2. The minimum atomic E-state index is -4.33. The summed E-state index contributed by atoms with van der Waals surface area (Å²) in [5, 5.41) is 2.86. The number of alkyl halides is 4. The Bertz CT molecular complexity index is 297. The van der Waals surface area contributed by atoms with Crippen LogP contribution in [0.4, 0.5) is 19.0 Å². The van der Waals surface area contributed by atoms with Crippen molar-refractivity contribution in [2.75, 3.05) is 17.7 Å². The molecule has 1 heterocycles. The molecule has 1 rings (SSSR count). The summed E-state index contributed by atoms with van der Waals surface area (Å²) in [6, 6.07) is 2.30. The topological polar surface area (TPSA) is 24.9 Å². The minimum Gasteiger partial charge on any atom is -0.370 e. The third kappa shape index (κ3) is 3.95. The summed E-state index contributed by atoms with van der Waals surface area (Å²) < 4.78 is 36.4. The van der Waals surface area contributed by atoms with E-state index in [4.69, 9.17) is 11.6 Å². The fourth-order valence-electron chi connectivity index (χ4n) is 0.949.